The molecule has 1 aliphatic rings. The summed E-state index contributed by atoms with van der Waals surface area (Å²) in [6.45, 7) is 4.55. The highest BCUT2D eigenvalue weighted by molar-refractivity contribution is 5.89. The Balaban J connectivity index is 0.00000288. The molecule has 1 unspecified atom stereocenters. The number of aliphatic hydroxyl groups excluding tert-OH is 1. The summed E-state index contributed by atoms with van der Waals surface area (Å²) < 4.78 is 0. The quantitative estimate of drug-likeness (QED) is 0.753. The van der Waals surface area contributed by atoms with Crippen LogP contribution in [-0.4, -0.2) is 65.5 Å². The van der Waals surface area contributed by atoms with Crippen molar-refractivity contribution in [2.24, 2.45) is 0 Å². The minimum Gasteiger partial charge on any atom is -0.395 e. The van der Waals surface area contributed by atoms with E-state index in [0.29, 0.717) is 32.7 Å². The Morgan fingerprint density at radius 1 is 1.38 bits per heavy atom. The first kappa shape index (κ1) is 20.4. The molecule has 0 aromatic heterocycles. The molecule has 2 N–H and O–H groups in total. The molecule has 1 aromatic rings. The van der Waals surface area contributed by atoms with E-state index >= 15 is 0 Å². The standard InChI is InChI=1S/C17H25N3O3.ClH/c1-2-19(10-11-21)16(22)12-15-17(23)20(9-8-18-15)13-14-6-4-3-5-7-14;/h3-7,15,18,21H,2,8-13H2,1H3;1H. The van der Waals surface area contributed by atoms with Crippen LogP contribution in [0.4, 0.5) is 0 Å². The van der Waals surface area contributed by atoms with Gasteiger partial charge in [0.05, 0.1) is 19.1 Å². The molecule has 2 rings (SSSR count). The van der Waals surface area contributed by atoms with Crippen molar-refractivity contribution in [1.29, 1.82) is 0 Å². The highest BCUT2D eigenvalue weighted by atomic mass is 35.5. The van der Waals surface area contributed by atoms with E-state index in [2.05, 4.69) is 5.32 Å². The number of benzene rings is 1. The van der Waals surface area contributed by atoms with Crippen molar-refractivity contribution >= 4 is 24.2 Å². The van der Waals surface area contributed by atoms with E-state index in [1.54, 1.807) is 9.80 Å². The first-order valence-corrected chi connectivity index (χ1v) is 8.10. The fourth-order valence-electron chi connectivity index (χ4n) is 2.80. The van der Waals surface area contributed by atoms with Gasteiger partial charge in [0, 0.05) is 32.7 Å². The van der Waals surface area contributed by atoms with Crippen LogP contribution in [0.2, 0.25) is 0 Å². The molecule has 2 amide bonds. The van der Waals surface area contributed by atoms with Crippen LogP contribution < -0.4 is 5.32 Å². The minimum absolute atomic E-state index is 0. The Hall–Kier alpha value is -1.63. The molecule has 1 fully saturated rings. The number of likely N-dealkylation sites (N-methyl/N-ethyl adjacent to an activating group) is 1. The van der Waals surface area contributed by atoms with Gasteiger partial charge in [-0.1, -0.05) is 30.3 Å². The summed E-state index contributed by atoms with van der Waals surface area (Å²) in [4.78, 5) is 28.2. The number of rotatable bonds is 7. The summed E-state index contributed by atoms with van der Waals surface area (Å²) in [7, 11) is 0. The predicted molar refractivity (Wildman–Crippen MR) is 94.9 cm³/mol. The fourth-order valence-corrected chi connectivity index (χ4v) is 2.80. The Morgan fingerprint density at radius 2 is 2.08 bits per heavy atom. The van der Waals surface area contributed by atoms with E-state index in [4.69, 9.17) is 5.11 Å². The zero-order valence-electron chi connectivity index (χ0n) is 14.0. The summed E-state index contributed by atoms with van der Waals surface area (Å²) in [5, 5.41) is 12.1. The van der Waals surface area contributed by atoms with Gasteiger partial charge in [0.15, 0.2) is 0 Å². The van der Waals surface area contributed by atoms with E-state index in [9.17, 15) is 9.59 Å². The molecule has 0 saturated carbocycles. The fraction of sp³-hybridized carbons (Fsp3) is 0.529. The average molecular weight is 356 g/mol. The highest BCUT2D eigenvalue weighted by Gasteiger charge is 2.31. The third-order valence-electron chi connectivity index (χ3n) is 4.08. The van der Waals surface area contributed by atoms with Crippen LogP contribution in [0.1, 0.15) is 18.9 Å². The van der Waals surface area contributed by atoms with Gasteiger partial charge >= 0.3 is 0 Å². The molecule has 1 saturated heterocycles. The number of halogens is 1. The van der Waals surface area contributed by atoms with Gasteiger partial charge in [-0.25, -0.2) is 0 Å². The number of nitrogens with zero attached hydrogens (tertiary/aromatic N) is 2. The van der Waals surface area contributed by atoms with Crippen molar-refractivity contribution < 1.29 is 14.7 Å². The number of piperazine rings is 1. The Kier molecular flexibility index (Phi) is 8.74. The largest absolute Gasteiger partial charge is 0.395 e. The van der Waals surface area contributed by atoms with Crippen molar-refractivity contribution in [2.75, 3.05) is 32.8 Å². The van der Waals surface area contributed by atoms with Crippen LogP contribution in [-0.2, 0) is 16.1 Å². The zero-order valence-corrected chi connectivity index (χ0v) is 14.8. The number of carbonyl (C=O) groups is 2. The molecule has 1 heterocycles. The van der Waals surface area contributed by atoms with Crippen molar-refractivity contribution in [3.05, 3.63) is 35.9 Å². The lowest BCUT2D eigenvalue weighted by molar-refractivity contribution is -0.141. The number of aliphatic hydroxyl groups is 1. The van der Waals surface area contributed by atoms with Gasteiger partial charge in [0.2, 0.25) is 11.8 Å². The Bertz CT molecular complexity index is 527. The maximum Gasteiger partial charge on any atom is 0.240 e. The van der Waals surface area contributed by atoms with E-state index in [1.807, 2.05) is 37.3 Å². The van der Waals surface area contributed by atoms with Gasteiger partial charge in [-0.15, -0.1) is 12.4 Å². The van der Waals surface area contributed by atoms with Gasteiger partial charge in [0.1, 0.15) is 0 Å². The van der Waals surface area contributed by atoms with Gasteiger partial charge < -0.3 is 20.2 Å². The molecule has 6 nitrogen and oxygen atoms in total. The summed E-state index contributed by atoms with van der Waals surface area (Å²) in [5.74, 6) is -0.137. The SMILES string of the molecule is CCN(CCO)C(=O)CC1NCCN(Cc2ccccc2)C1=O.Cl. The second-order valence-corrected chi connectivity index (χ2v) is 5.65. The topological polar surface area (TPSA) is 72.9 Å². The molecule has 0 bridgehead atoms. The third-order valence-corrected chi connectivity index (χ3v) is 4.08. The normalized spacial score (nSPS) is 17.3. The van der Waals surface area contributed by atoms with Crippen molar-refractivity contribution in [3.63, 3.8) is 0 Å². The van der Waals surface area contributed by atoms with Crippen LogP contribution in [0.25, 0.3) is 0 Å². The lowest BCUT2D eigenvalue weighted by Crippen LogP contribution is -2.56. The summed E-state index contributed by atoms with van der Waals surface area (Å²) in [6, 6.07) is 9.37. The number of nitrogens with one attached hydrogen (secondary N) is 1. The molecule has 1 atom stereocenters. The Labute approximate surface area is 149 Å². The van der Waals surface area contributed by atoms with E-state index in [0.717, 1.165) is 5.56 Å². The Morgan fingerprint density at radius 3 is 2.71 bits per heavy atom. The van der Waals surface area contributed by atoms with Gasteiger partial charge in [-0.3, -0.25) is 9.59 Å². The second kappa shape index (κ2) is 10.3. The number of amides is 2. The van der Waals surface area contributed by atoms with Crippen LogP contribution >= 0.6 is 12.4 Å². The third kappa shape index (κ3) is 5.47. The second-order valence-electron chi connectivity index (χ2n) is 5.65. The molecule has 134 valence electrons. The van der Waals surface area contributed by atoms with E-state index < -0.39 is 6.04 Å². The molecule has 0 spiro atoms. The average Bonchev–Trinajstić information content (AvgIpc) is 2.57. The zero-order chi connectivity index (χ0) is 16.7. The van der Waals surface area contributed by atoms with Crippen LogP contribution in [0.3, 0.4) is 0 Å². The van der Waals surface area contributed by atoms with E-state index in [1.165, 1.54) is 0 Å². The molecule has 0 aliphatic carbocycles. The smallest absolute Gasteiger partial charge is 0.240 e. The van der Waals surface area contributed by atoms with Crippen LogP contribution in [0.5, 0.6) is 0 Å². The van der Waals surface area contributed by atoms with Crippen molar-refractivity contribution in [3.8, 4) is 0 Å². The summed E-state index contributed by atoms with van der Waals surface area (Å²) in [5.41, 5.74) is 1.09. The lowest BCUT2D eigenvalue weighted by atomic mass is 10.1. The first-order valence-electron chi connectivity index (χ1n) is 8.10. The summed E-state index contributed by atoms with van der Waals surface area (Å²) >= 11 is 0. The molecule has 1 aliphatic heterocycles. The molecule has 24 heavy (non-hydrogen) atoms. The lowest BCUT2D eigenvalue weighted by Gasteiger charge is -2.34. The molecule has 7 heteroatoms. The monoisotopic (exact) mass is 355 g/mol. The number of hydrogen-bond donors (Lipinski definition) is 2. The molecular formula is C17H26ClN3O3. The van der Waals surface area contributed by atoms with Crippen LogP contribution in [0.15, 0.2) is 30.3 Å². The first-order chi connectivity index (χ1) is 11.2. The maximum absolute atomic E-state index is 12.6. The maximum atomic E-state index is 12.6. The van der Waals surface area contributed by atoms with E-state index in [-0.39, 0.29) is 37.2 Å². The summed E-state index contributed by atoms with van der Waals surface area (Å²) in [6.07, 6.45) is 0.137. The van der Waals surface area contributed by atoms with Gasteiger partial charge in [-0.2, -0.15) is 0 Å². The number of carbonyl (C=O) groups excluding carboxylic acids is 2. The molecular weight excluding hydrogens is 330 g/mol. The van der Waals surface area contributed by atoms with Gasteiger partial charge in [-0.05, 0) is 12.5 Å². The van der Waals surface area contributed by atoms with Crippen molar-refractivity contribution in [1.82, 2.24) is 15.1 Å². The molecule has 0 radical (unpaired) electrons. The highest BCUT2D eigenvalue weighted by Crippen LogP contribution is 2.11. The predicted octanol–water partition coefficient (Wildman–Crippen LogP) is 0.640. The molecule has 1 aromatic carbocycles. The van der Waals surface area contributed by atoms with Crippen LogP contribution in [0, 0.1) is 0 Å². The van der Waals surface area contributed by atoms with Gasteiger partial charge in [0.25, 0.3) is 0 Å². The minimum atomic E-state index is -0.479. The number of hydrogen-bond acceptors (Lipinski definition) is 4. The van der Waals surface area contributed by atoms with Crippen molar-refractivity contribution in [2.45, 2.75) is 25.9 Å².